The average Bonchev–Trinajstić information content (AvgIpc) is 2.14. The van der Waals surface area contributed by atoms with Crippen molar-refractivity contribution in [3.8, 4) is 0 Å². The van der Waals surface area contributed by atoms with E-state index < -0.39 is 0 Å². The van der Waals surface area contributed by atoms with Crippen LogP contribution < -0.4 is 5.32 Å². The number of piperazine rings is 1. The first-order valence-corrected chi connectivity index (χ1v) is 4.94. The second-order valence-corrected chi connectivity index (χ2v) is 3.26. The minimum atomic E-state index is 0.821. The molecule has 0 aromatic carbocycles. The fourth-order valence-electron chi connectivity index (χ4n) is 1.28. The normalized spacial score (nSPS) is 19.8. The highest BCUT2D eigenvalue weighted by atomic mass is 16.5. The molecule has 0 aliphatic carbocycles. The summed E-state index contributed by atoms with van der Waals surface area (Å²) in [6.07, 6.45) is 2.41. The number of ether oxygens (including phenoxy) is 1. The average molecular weight is 172 g/mol. The SMILES string of the molecule is CCCCOCN1CCNCC1. The van der Waals surface area contributed by atoms with Gasteiger partial charge in [-0.15, -0.1) is 0 Å². The summed E-state index contributed by atoms with van der Waals surface area (Å²) in [5, 5.41) is 3.32. The lowest BCUT2D eigenvalue weighted by Gasteiger charge is -2.26. The summed E-state index contributed by atoms with van der Waals surface area (Å²) in [5.41, 5.74) is 0. The summed E-state index contributed by atoms with van der Waals surface area (Å²) < 4.78 is 5.51. The van der Waals surface area contributed by atoms with Gasteiger partial charge >= 0.3 is 0 Å². The lowest BCUT2D eigenvalue weighted by molar-refractivity contribution is 0.0214. The molecule has 0 spiro atoms. The van der Waals surface area contributed by atoms with Crippen LogP contribution in [-0.4, -0.2) is 44.4 Å². The van der Waals surface area contributed by atoms with Gasteiger partial charge in [0.25, 0.3) is 0 Å². The number of rotatable bonds is 5. The molecule has 0 amide bonds. The van der Waals surface area contributed by atoms with Crippen LogP contribution in [0, 0.1) is 0 Å². The van der Waals surface area contributed by atoms with E-state index in [9.17, 15) is 0 Å². The molecule has 1 aliphatic heterocycles. The van der Waals surface area contributed by atoms with Crippen LogP contribution in [-0.2, 0) is 4.74 Å². The summed E-state index contributed by atoms with van der Waals surface area (Å²) >= 11 is 0. The summed E-state index contributed by atoms with van der Waals surface area (Å²) in [6, 6.07) is 0. The van der Waals surface area contributed by atoms with Crippen molar-refractivity contribution < 1.29 is 4.74 Å². The monoisotopic (exact) mass is 172 g/mol. The summed E-state index contributed by atoms with van der Waals surface area (Å²) in [7, 11) is 0. The Morgan fingerprint density at radius 2 is 2.08 bits per heavy atom. The molecule has 1 N–H and O–H groups in total. The van der Waals surface area contributed by atoms with Gasteiger partial charge < -0.3 is 10.1 Å². The Balaban J connectivity index is 1.91. The van der Waals surface area contributed by atoms with E-state index in [0.717, 1.165) is 39.5 Å². The fourth-order valence-corrected chi connectivity index (χ4v) is 1.28. The highest BCUT2D eigenvalue weighted by Crippen LogP contribution is 1.94. The zero-order valence-corrected chi connectivity index (χ0v) is 8.01. The van der Waals surface area contributed by atoms with E-state index in [0.29, 0.717) is 0 Å². The van der Waals surface area contributed by atoms with E-state index >= 15 is 0 Å². The molecule has 1 aliphatic rings. The molecule has 1 rings (SSSR count). The maximum atomic E-state index is 5.51. The molecule has 3 heteroatoms. The third-order valence-corrected chi connectivity index (χ3v) is 2.13. The molecule has 0 bridgehead atoms. The van der Waals surface area contributed by atoms with Gasteiger partial charge in [-0.2, -0.15) is 0 Å². The molecule has 1 fully saturated rings. The van der Waals surface area contributed by atoms with Crippen LogP contribution >= 0.6 is 0 Å². The second-order valence-electron chi connectivity index (χ2n) is 3.26. The van der Waals surface area contributed by atoms with Crippen LogP contribution in [0.2, 0.25) is 0 Å². The van der Waals surface area contributed by atoms with E-state index in [2.05, 4.69) is 17.1 Å². The van der Waals surface area contributed by atoms with Gasteiger partial charge in [-0.1, -0.05) is 13.3 Å². The highest BCUT2D eigenvalue weighted by Gasteiger charge is 2.07. The van der Waals surface area contributed by atoms with Crippen molar-refractivity contribution in [1.82, 2.24) is 10.2 Å². The van der Waals surface area contributed by atoms with Crippen LogP contribution in [0.25, 0.3) is 0 Å². The van der Waals surface area contributed by atoms with Crippen molar-refractivity contribution in [3.05, 3.63) is 0 Å². The molecule has 0 aromatic heterocycles. The molecule has 0 saturated carbocycles. The molecule has 1 saturated heterocycles. The van der Waals surface area contributed by atoms with Gasteiger partial charge in [-0.05, 0) is 6.42 Å². The molecule has 72 valence electrons. The predicted octanol–water partition coefficient (Wildman–Crippen LogP) is 0.666. The lowest BCUT2D eigenvalue weighted by Crippen LogP contribution is -2.44. The molecule has 0 radical (unpaired) electrons. The molecule has 12 heavy (non-hydrogen) atoms. The molecule has 3 nitrogen and oxygen atoms in total. The first-order chi connectivity index (χ1) is 5.93. The second kappa shape index (κ2) is 6.40. The van der Waals surface area contributed by atoms with E-state index in [-0.39, 0.29) is 0 Å². The van der Waals surface area contributed by atoms with E-state index in [1.165, 1.54) is 12.8 Å². The van der Waals surface area contributed by atoms with Gasteiger partial charge in [0.15, 0.2) is 0 Å². The summed E-state index contributed by atoms with van der Waals surface area (Å²) in [5.74, 6) is 0. The Bertz CT molecular complexity index is 103. The predicted molar refractivity (Wildman–Crippen MR) is 50.2 cm³/mol. The molecular weight excluding hydrogens is 152 g/mol. The largest absolute Gasteiger partial charge is 0.366 e. The molecule has 0 atom stereocenters. The quantitative estimate of drug-likeness (QED) is 0.617. The van der Waals surface area contributed by atoms with Gasteiger partial charge in [0.05, 0.1) is 6.73 Å². The van der Waals surface area contributed by atoms with Gasteiger partial charge in [0, 0.05) is 32.8 Å². The third kappa shape index (κ3) is 4.04. The fraction of sp³-hybridized carbons (Fsp3) is 1.00. The van der Waals surface area contributed by atoms with Gasteiger partial charge in [-0.25, -0.2) is 0 Å². The van der Waals surface area contributed by atoms with E-state index in [4.69, 9.17) is 4.74 Å². The van der Waals surface area contributed by atoms with Crippen molar-refractivity contribution in [1.29, 1.82) is 0 Å². The van der Waals surface area contributed by atoms with Crippen molar-refractivity contribution >= 4 is 0 Å². The Morgan fingerprint density at radius 3 is 2.75 bits per heavy atom. The van der Waals surface area contributed by atoms with E-state index in [1.807, 2.05) is 0 Å². The minimum Gasteiger partial charge on any atom is -0.366 e. The van der Waals surface area contributed by atoms with E-state index in [1.54, 1.807) is 0 Å². The topological polar surface area (TPSA) is 24.5 Å². The van der Waals surface area contributed by atoms with Crippen molar-refractivity contribution in [3.63, 3.8) is 0 Å². The zero-order chi connectivity index (χ0) is 8.65. The number of nitrogens with zero attached hydrogens (tertiary/aromatic N) is 1. The van der Waals surface area contributed by atoms with Crippen LogP contribution in [0.3, 0.4) is 0 Å². The summed E-state index contributed by atoms with van der Waals surface area (Å²) in [4.78, 5) is 2.35. The Hall–Kier alpha value is -0.120. The lowest BCUT2D eigenvalue weighted by atomic mass is 10.4. The minimum absolute atomic E-state index is 0.821. The third-order valence-electron chi connectivity index (χ3n) is 2.13. The van der Waals surface area contributed by atoms with Crippen LogP contribution in [0.1, 0.15) is 19.8 Å². The number of hydrogen-bond acceptors (Lipinski definition) is 3. The molecular formula is C9H20N2O. The van der Waals surface area contributed by atoms with Gasteiger partial charge in [0.2, 0.25) is 0 Å². The van der Waals surface area contributed by atoms with Crippen LogP contribution in [0.4, 0.5) is 0 Å². The standard InChI is InChI=1S/C9H20N2O/c1-2-3-8-12-9-11-6-4-10-5-7-11/h10H,2-9H2,1H3. The number of nitrogens with one attached hydrogen (secondary N) is 1. The van der Waals surface area contributed by atoms with Crippen molar-refractivity contribution in [2.24, 2.45) is 0 Å². The van der Waals surface area contributed by atoms with Crippen LogP contribution in [0.15, 0.2) is 0 Å². The first-order valence-electron chi connectivity index (χ1n) is 4.94. The van der Waals surface area contributed by atoms with Crippen molar-refractivity contribution in [2.45, 2.75) is 19.8 Å². The summed E-state index contributed by atoms with van der Waals surface area (Å²) in [6.45, 7) is 8.41. The Labute approximate surface area is 75.1 Å². The molecule has 0 aromatic rings. The number of hydrogen-bond donors (Lipinski definition) is 1. The van der Waals surface area contributed by atoms with Gasteiger partial charge in [-0.3, -0.25) is 4.90 Å². The van der Waals surface area contributed by atoms with Crippen molar-refractivity contribution in [2.75, 3.05) is 39.5 Å². The zero-order valence-electron chi connectivity index (χ0n) is 8.01. The first kappa shape index (κ1) is 9.96. The van der Waals surface area contributed by atoms with Gasteiger partial charge in [0.1, 0.15) is 0 Å². The Morgan fingerprint density at radius 1 is 1.33 bits per heavy atom. The maximum absolute atomic E-state index is 5.51. The highest BCUT2D eigenvalue weighted by molar-refractivity contribution is 4.64. The molecule has 1 heterocycles. The number of unbranched alkanes of at least 4 members (excludes halogenated alkanes) is 1. The smallest absolute Gasteiger partial charge is 0.0991 e. The molecule has 0 unspecified atom stereocenters. The Kier molecular flexibility index (Phi) is 5.32. The van der Waals surface area contributed by atoms with Crippen LogP contribution in [0.5, 0.6) is 0 Å². The maximum Gasteiger partial charge on any atom is 0.0991 e.